The van der Waals surface area contributed by atoms with Gasteiger partial charge < -0.3 is 19.9 Å². The van der Waals surface area contributed by atoms with Crippen molar-refractivity contribution in [3.05, 3.63) is 59.0 Å². The van der Waals surface area contributed by atoms with Crippen molar-refractivity contribution in [2.45, 2.75) is 0 Å². The Bertz CT molecular complexity index is 872. The van der Waals surface area contributed by atoms with Gasteiger partial charge in [0.1, 0.15) is 11.3 Å². The summed E-state index contributed by atoms with van der Waals surface area (Å²) < 4.78 is 5.43. The molecule has 0 unspecified atom stereocenters. The van der Waals surface area contributed by atoms with E-state index in [1.54, 1.807) is 13.2 Å². The number of para-hydroxylation sites is 2. The number of amides is 1. The maximum atomic E-state index is 12.2. The van der Waals surface area contributed by atoms with Crippen LogP contribution in [0.5, 0.6) is 5.75 Å². The molecular formula is C19H23N5O3. The van der Waals surface area contributed by atoms with Crippen molar-refractivity contribution in [1.29, 1.82) is 0 Å². The fraction of sp³-hybridized carbons (Fsp3) is 0.316. The van der Waals surface area contributed by atoms with Gasteiger partial charge in [0.15, 0.2) is 0 Å². The van der Waals surface area contributed by atoms with Crippen LogP contribution in [0.25, 0.3) is 0 Å². The molecule has 0 spiro atoms. The number of rotatable bonds is 6. The van der Waals surface area contributed by atoms with E-state index < -0.39 is 11.5 Å². The molecule has 0 saturated carbocycles. The molecule has 0 bridgehead atoms. The molecule has 3 rings (SSSR count). The lowest BCUT2D eigenvalue weighted by atomic mass is 10.2. The molecule has 2 heterocycles. The van der Waals surface area contributed by atoms with Crippen LogP contribution in [0.15, 0.2) is 47.9 Å². The van der Waals surface area contributed by atoms with Crippen molar-refractivity contribution in [1.82, 2.24) is 15.3 Å². The smallest absolute Gasteiger partial charge is 0.265 e. The van der Waals surface area contributed by atoms with E-state index in [1.807, 2.05) is 29.2 Å². The van der Waals surface area contributed by atoms with Crippen LogP contribution < -0.4 is 25.4 Å². The molecule has 1 aliphatic rings. The third kappa shape index (κ3) is 4.11. The predicted octanol–water partition coefficient (Wildman–Crippen LogP) is 1.02. The van der Waals surface area contributed by atoms with Crippen LogP contribution in [0.2, 0.25) is 0 Å². The topological polar surface area (TPSA) is 90.6 Å². The van der Waals surface area contributed by atoms with E-state index in [-0.39, 0.29) is 5.56 Å². The number of nitrogens with one attached hydrogen (secondary N) is 2. The Balaban J connectivity index is 1.67. The molecule has 1 aromatic carbocycles. The van der Waals surface area contributed by atoms with Gasteiger partial charge in [-0.3, -0.25) is 14.6 Å². The summed E-state index contributed by atoms with van der Waals surface area (Å²) in [6.07, 6.45) is 2.87. The van der Waals surface area contributed by atoms with Gasteiger partial charge >= 0.3 is 0 Å². The molecule has 2 N–H and O–H groups in total. The van der Waals surface area contributed by atoms with Crippen molar-refractivity contribution in [2.24, 2.45) is 0 Å². The molecule has 1 aromatic heterocycles. The maximum absolute atomic E-state index is 12.2. The van der Waals surface area contributed by atoms with Gasteiger partial charge in [0.2, 0.25) is 5.95 Å². The van der Waals surface area contributed by atoms with E-state index in [4.69, 9.17) is 4.74 Å². The Morgan fingerprint density at radius 2 is 2.00 bits per heavy atom. The molecule has 0 aliphatic carbocycles. The standard InChI is InChI=1S/C19H23N5O3/c1-3-8-20-17(25)14-13-21-19(22-18(14)26)24-11-9-23(10-12-24)15-6-4-5-7-16(15)27-2/h3-7,13H,1,8-12H2,2H3,(H,20,25)(H,21,22,26). The monoisotopic (exact) mass is 369 g/mol. The van der Waals surface area contributed by atoms with Gasteiger partial charge in [-0.05, 0) is 12.1 Å². The van der Waals surface area contributed by atoms with E-state index in [9.17, 15) is 9.59 Å². The predicted molar refractivity (Wildman–Crippen MR) is 105 cm³/mol. The second kappa shape index (κ2) is 8.39. The van der Waals surface area contributed by atoms with Crippen molar-refractivity contribution >= 4 is 17.5 Å². The van der Waals surface area contributed by atoms with Crippen LogP contribution in [0.3, 0.4) is 0 Å². The average molecular weight is 369 g/mol. The largest absolute Gasteiger partial charge is 0.495 e. The number of ether oxygens (including phenoxy) is 1. The lowest BCUT2D eigenvalue weighted by Crippen LogP contribution is -2.47. The van der Waals surface area contributed by atoms with Gasteiger partial charge in [0.05, 0.1) is 12.8 Å². The zero-order valence-corrected chi connectivity index (χ0v) is 15.3. The van der Waals surface area contributed by atoms with E-state index in [1.165, 1.54) is 6.20 Å². The van der Waals surface area contributed by atoms with E-state index in [0.29, 0.717) is 25.6 Å². The number of hydrogen-bond acceptors (Lipinski definition) is 6. The fourth-order valence-corrected chi connectivity index (χ4v) is 3.02. The zero-order chi connectivity index (χ0) is 19.2. The molecule has 0 atom stereocenters. The molecule has 2 aromatic rings. The molecule has 1 saturated heterocycles. The minimum atomic E-state index is -0.462. The highest BCUT2D eigenvalue weighted by atomic mass is 16.5. The number of methoxy groups -OCH3 is 1. The van der Waals surface area contributed by atoms with Gasteiger partial charge in [-0.1, -0.05) is 18.2 Å². The van der Waals surface area contributed by atoms with Crippen molar-refractivity contribution < 1.29 is 9.53 Å². The Morgan fingerprint density at radius 3 is 2.67 bits per heavy atom. The minimum absolute atomic E-state index is 0.00624. The number of aromatic nitrogens is 2. The fourth-order valence-electron chi connectivity index (χ4n) is 3.02. The Morgan fingerprint density at radius 1 is 1.30 bits per heavy atom. The normalized spacial score (nSPS) is 14.0. The van der Waals surface area contributed by atoms with Crippen LogP contribution in [0, 0.1) is 0 Å². The number of hydrogen-bond donors (Lipinski definition) is 2. The Kier molecular flexibility index (Phi) is 5.75. The van der Waals surface area contributed by atoms with E-state index >= 15 is 0 Å². The van der Waals surface area contributed by atoms with Crippen LogP contribution in [0.4, 0.5) is 11.6 Å². The number of benzene rings is 1. The lowest BCUT2D eigenvalue weighted by molar-refractivity contribution is 0.0956. The van der Waals surface area contributed by atoms with Crippen LogP contribution in [0.1, 0.15) is 10.4 Å². The summed E-state index contributed by atoms with van der Waals surface area (Å²) in [4.78, 5) is 35.4. The first-order valence-electron chi connectivity index (χ1n) is 8.75. The van der Waals surface area contributed by atoms with Crippen LogP contribution in [-0.2, 0) is 0 Å². The van der Waals surface area contributed by atoms with Gasteiger partial charge in [-0.25, -0.2) is 4.98 Å². The summed E-state index contributed by atoms with van der Waals surface area (Å²) in [7, 11) is 1.66. The van der Waals surface area contributed by atoms with E-state index in [0.717, 1.165) is 24.5 Å². The molecular weight excluding hydrogens is 346 g/mol. The number of aromatic amines is 1. The molecule has 1 amide bonds. The van der Waals surface area contributed by atoms with Gasteiger partial charge in [0, 0.05) is 38.9 Å². The average Bonchev–Trinajstić information content (AvgIpc) is 2.72. The highest BCUT2D eigenvalue weighted by Gasteiger charge is 2.21. The Labute approximate surface area is 157 Å². The Hall–Kier alpha value is -3.29. The zero-order valence-electron chi connectivity index (χ0n) is 15.3. The number of nitrogens with zero attached hydrogens (tertiary/aromatic N) is 3. The van der Waals surface area contributed by atoms with Crippen LogP contribution in [-0.4, -0.2) is 55.7 Å². The molecule has 8 nitrogen and oxygen atoms in total. The highest BCUT2D eigenvalue weighted by Crippen LogP contribution is 2.28. The molecule has 27 heavy (non-hydrogen) atoms. The van der Waals surface area contributed by atoms with Crippen molar-refractivity contribution in [3.63, 3.8) is 0 Å². The van der Waals surface area contributed by atoms with Gasteiger partial charge in [-0.15, -0.1) is 6.58 Å². The number of H-pyrrole nitrogens is 1. The quantitative estimate of drug-likeness (QED) is 0.739. The van der Waals surface area contributed by atoms with Crippen LogP contribution >= 0.6 is 0 Å². The summed E-state index contributed by atoms with van der Waals surface area (Å²) in [6.45, 7) is 6.76. The van der Waals surface area contributed by atoms with Crippen molar-refractivity contribution in [2.75, 3.05) is 49.6 Å². The molecule has 142 valence electrons. The number of carbonyl (C=O) groups is 1. The molecule has 8 heteroatoms. The first kappa shape index (κ1) is 18.5. The highest BCUT2D eigenvalue weighted by molar-refractivity contribution is 5.93. The van der Waals surface area contributed by atoms with Gasteiger partial charge in [-0.2, -0.15) is 0 Å². The summed E-state index contributed by atoms with van der Waals surface area (Å²) in [6, 6.07) is 7.90. The maximum Gasteiger partial charge on any atom is 0.265 e. The second-order valence-corrected chi connectivity index (χ2v) is 6.09. The summed E-state index contributed by atoms with van der Waals surface area (Å²) in [5.74, 6) is 0.850. The molecule has 1 aliphatic heterocycles. The summed E-state index contributed by atoms with van der Waals surface area (Å²) >= 11 is 0. The number of piperazine rings is 1. The molecule has 0 radical (unpaired) electrons. The van der Waals surface area contributed by atoms with Crippen molar-refractivity contribution in [3.8, 4) is 5.75 Å². The third-order valence-corrected chi connectivity index (χ3v) is 4.44. The SMILES string of the molecule is C=CCNC(=O)c1cnc(N2CCN(c3ccccc3OC)CC2)[nH]c1=O. The summed E-state index contributed by atoms with van der Waals surface area (Å²) in [5.41, 5.74) is 0.595. The minimum Gasteiger partial charge on any atom is -0.495 e. The first-order valence-corrected chi connectivity index (χ1v) is 8.75. The summed E-state index contributed by atoms with van der Waals surface area (Å²) in [5, 5.41) is 2.57. The first-order chi connectivity index (χ1) is 13.1. The number of carbonyl (C=O) groups excluding carboxylic acids is 1. The number of anilines is 2. The van der Waals surface area contributed by atoms with Gasteiger partial charge in [0.25, 0.3) is 11.5 Å². The third-order valence-electron chi connectivity index (χ3n) is 4.44. The molecule has 1 fully saturated rings. The second-order valence-electron chi connectivity index (χ2n) is 6.09. The van der Waals surface area contributed by atoms with E-state index in [2.05, 4.69) is 26.8 Å². The lowest BCUT2D eigenvalue weighted by Gasteiger charge is -2.36.